The number of hydrogen-bond donors (Lipinski definition) is 1. The van der Waals surface area contributed by atoms with Crippen molar-refractivity contribution >= 4 is 27.7 Å². The van der Waals surface area contributed by atoms with Gasteiger partial charge in [-0.15, -0.1) is 0 Å². The van der Waals surface area contributed by atoms with E-state index in [0.29, 0.717) is 5.56 Å². The maximum atomic E-state index is 13.6. The fourth-order valence-corrected chi connectivity index (χ4v) is 3.23. The van der Waals surface area contributed by atoms with Gasteiger partial charge in [-0.05, 0) is 35.9 Å². The summed E-state index contributed by atoms with van der Waals surface area (Å²) in [4.78, 5) is 11.8. The van der Waals surface area contributed by atoms with Gasteiger partial charge < -0.3 is 10.1 Å². The third-order valence-electron chi connectivity index (χ3n) is 3.58. The number of carbonyl (C=O) groups excluding carboxylic acids is 1. The SMILES string of the molecule is COc1ccc(/C=C/C(=O)Nc2c(F)cccc2F)cc1S(=O)(=O)N(C)C. The first kappa shape index (κ1) is 20.5. The van der Waals surface area contributed by atoms with Crippen LogP contribution in [0, 0.1) is 11.6 Å². The summed E-state index contributed by atoms with van der Waals surface area (Å²) in [6, 6.07) is 7.54. The van der Waals surface area contributed by atoms with Crippen LogP contribution in [0.1, 0.15) is 5.56 Å². The molecule has 2 rings (SSSR count). The summed E-state index contributed by atoms with van der Waals surface area (Å²) in [7, 11) is 0.343. The van der Waals surface area contributed by atoms with Crippen LogP contribution in [0.2, 0.25) is 0 Å². The van der Waals surface area contributed by atoms with E-state index in [4.69, 9.17) is 4.74 Å². The zero-order chi connectivity index (χ0) is 20.2. The number of nitrogens with one attached hydrogen (secondary N) is 1. The number of para-hydroxylation sites is 1. The Hall–Kier alpha value is -2.78. The molecule has 27 heavy (non-hydrogen) atoms. The molecular weight excluding hydrogens is 378 g/mol. The molecule has 0 radical (unpaired) electrons. The Labute approximate surface area is 156 Å². The average molecular weight is 396 g/mol. The molecule has 0 fully saturated rings. The number of ether oxygens (including phenoxy) is 1. The Kier molecular flexibility index (Phi) is 6.29. The molecule has 0 bridgehead atoms. The van der Waals surface area contributed by atoms with Gasteiger partial charge in [0.1, 0.15) is 28.0 Å². The molecule has 1 N–H and O–H groups in total. The van der Waals surface area contributed by atoms with E-state index >= 15 is 0 Å². The Bertz CT molecular complexity index is 969. The number of halogens is 2. The van der Waals surface area contributed by atoms with E-state index in [1.54, 1.807) is 6.07 Å². The first-order valence-corrected chi connectivity index (χ1v) is 9.14. The summed E-state index contributed by atoms with van der Waals surface area (Å²) in [5.74, 6) is -2.42. The summed E-state index contributed by atoms with van der Waals surface area (Å²) >= 11 is 0. The molecule has 0 aliphatic heterocycles. The predicted octanol–water partition coefficient (Wildman–Crippen LogP) is 2.88. The van der Waals surface area contributed by atoms with Gasteiger partial charge in [-0.1, -0.05) is 12.1 Å². The van der Waals surface area contributed by atoms with Crippen LogP contribution in [0.4, 0.5) is 14.5 Å². The fraction of sp³-hybridized carbons (Fsp3) is 0.167. The molecule has 0 atom stereocenters. The number of sulfonamides is 1. The van der Waals surface area contributed by atoms with Crippen LogP contribution in [0.25, 0.3) is 6.08 Å². The molecular formula is C18H18F2N2O4S. The number of methoxy groups -OCH3 is 1. The normalized spacial score (nSPS) is 11.8. The summed E-state index contributed by atoms with van der Waals surface area (Å²) in [5.41, 5.74) is -0.168. The molecule has 1 amide bonds. The van der Waals surface area contributed by atoms with Crippen molar-refractivity contribution in [2.75, 3.05) is 26.5 Å². The summed E-state index contributed by atoms with van der Waals surface area (Å²) < 4.78 is 58.0. The first-order chi connectivity index (χ1) is 12.7. The number of hydrogen-bond acceptors (Lipinski definition) is 4. The van der Waals surface area contributed by atoms with Gasteiger partial charge in [-0.25, -0.2) is 21.5 Å². The minimum atomic E-state index is -3.77. The van der Waals surface area contributed by atoms with Crippen LogP contribution in [0.5, 0.6) is 5.75 Å². The zero-order valence-electron chi connectivity index (χ0n) is 14.9. The van der Waals surface area contributed by atoms with Crippen molar-refractivity contribution in [3.05, 3.63) is 59.7 Å². The van der Waals surface area contributed by atoms with Crippen molar-refractivity contribution in [3.63, 3.8) is 0 Å². The van der Waals surface area contributed by atoms with E-state index in [2.05, 4.69) is 5.32 Å². The zero-order valence-corrected chi connectivity index (χ0v) is 15.7. The molecule has 2 aromatic rings. The number of benzene rings is 2. The van der Waals surface area contributed by atoms with E-state index in [-0.39, 0.29) is 10.6 Å². The second-order valence-corrected chi connectivity index (χ2v) is 7.74. The largest absolute Gasteiger partial charge is 0.495 e. The monoisotopic (exact) mass is 396 g/mol. The van der Waals surface area contributed by atoms with Crippen molar-refractivity contribution in [2.24, 2.45) is 0 Å². The lowest BCUT2D eigenvalue weighted by Crippen LogP contribution is -2.22. The van der Waals surface area contributed by atoms with Gasteiger partial charge in [0.05, 0.1) is 7.11 Å². The van der Waals surface area contributed by atoms with Gasteiger partial charge in [0.15, 0.2) is 0 Å². The topological polar surface area (TPSA) is 75.7 Å². The lowest BCUT2D eigenvalue weighted by atomic mass is 10.2. The Morgan fingerprint density at radius 1 is 1.15 bits per heavy atom. The smallest absolute Gasteiger partial charge is 0.248 e. The molecule has 0 spiro atoms. The lowest BCUT2D eigenvalue weighted by Gasteiger charge is -2.15. The molecule has 0 heterocycles. The molecule has 0 unspecified atom stereocenters. The average Bonchev–Trinajstić information content (AvgIpc) is 2.62. The van der Waals surface area contributed by atoms with E-state index in [1.807, 2.05) is 0 Å². The molecule has 0 saturated heterocycles. The van der Waals surface area contributed by atoms with Crippen LogP contribution in [0.3, 0.4) is 0 Å². The van der Waals surface area contributed by atoms with Crippen LogP contribution in [0.15, 0.2) is 47.4 Å². The summed E-state index contributed by atoms with van der Waals surface area (Å²) in [6.07, 6.45) is 2.36. The molecule has 0 saturated carbocycles. The minimum Gasteiger partial charge on any atom is -0.495 e. The van der Waals surface area contributed by atoms with Crippen molar-refractivity contribution in [1.82, 2.24) is 4.31 Å². The maximum absolute atomic E-state index is 13.6. The Morgan fingerprint density at radius 3 is 2.33 bits per heavy atom. The lowest BCUT2D eigenvalue weighted by molar-refractivity contribution is -0.111. The summed E-state index contributed by atoms with van der Waals surface area (Å²) in [5, 5.41) is 2.11. The molecule has 6 nitrogen and oxygen atoms in total. The van der Waals surface area contributed by atoms with Crippen LogP contribution < -0.4 is 10.1 Å². The van der Waals surface area contributed by atoms with Gasteiger partial charge >= 0.3 is 0 Å². The highest BCUT2D eigenvalue weighted by molar-refractivity contribution is 7.89. The van der Waals surface area contributed by atoms with E-state index in [1.165, 1.54) is 45.5 Å². The highest BCUT2D eigenvalue weighted by atomic mass is 32.2. The third-order valence-corrected chi connectivity index (χ3v) is 5.42. The molecule has 0 aliphatic rings. The molecule has 144 valence electrons. The maximum Gasteiger partial charge on any atom is 0.248 e. The standard InChI is InChI=1S/C18H18F2N2O4S/c1-22(2)27(24,25)16-11-12(7-9-15(16)26-3)8-10-17(23)21-18-13(19)5-4-6-14(18)20/h4-11H,1-3H3,(H,21,23)/b10-8+. The van der Waals surface area contributed by atoms with Crippen LogP contribution in [-0.4, -0.2) is 39.8 Å². The van der Waals surface area contributed by atoms with Crippen molar-refractivity contribution in [3.8, 4) is 5.75 Å². The Balaban J connectivity index is 2.28. The highest BCUT2D eigenvalue weighted by Gasteiger charge is 2.22. The highest BCUT2D eigenvalue weighted by Crippen LogP contribution is 2.27. The van der Waals surface area contributed by atoms with E-state index in [0.717, 1.165) is 22.5 Å². The fourth-order valence-electron chi connectivity index (χ4n) is 2.15. The molecule has 9 heteroatoms. The molecule has 0 aromatic heterocycles. The first-order valence-electron chi connectivity index (χ1n) is 7.70. The number of anilines is 1. The van der Waals surface area contributed by atoms with Crippen molar-refractivity contribution in [2.45, 2.75) is 4.90 Å². The van der Waals surface area contributed by atoms with Gasteiger partial charge in [0, 0.05) is 20.2 Å². The van der Waals surface area contributed by atoms with E-state index in [9.17, 15) is 22.0 Å². The third kappa shape index (κ3) is 4.69. The second kappa shape index (κ2) is 8.28. The number of carbonyl (C=O) groups is 1. The quantitative estimate of drug-likeness (QED) is 0.762. The van der Waals surface area contributed by atoms with Gasteiger partial charge in [0.25, 0.3) is 0 Å². The molecule has 2 aromatic carbocycles. The summed E-state index contributed by atoms with van der Waals surface area (Å²) in [6.45, 7) is 0. The number of nitrogens with zero attached hydrogens (tertiary/aromatic N) is 1. The minimum absolute atomic E-state index is 0.0716. The Morgan fingerprint density at radius 2 is 1.78 bits per heavy atom. The van der Waals surface area contributed by atoms with Gasteiger partial charge in [0.2, 0.25) is 15.9 Å². The molecule has 0 aliphatic carbocycles. The van der Waals surface area contributed by atoms with E-state index < -0.39 is 33.3 Å². The van der Waals surface area contributed by atoms with Crippen molar-refractivity contribution in [1.29, 1.82) is 0 Å². The van der Waals surface area contributed by atoms with Crippen LogP contribution >= 0.6 is 0 Å². The second-order valence-electron chi connectivity index (χ2n) is 5.62. The van der Waals surface area contributed by atoms with Gasteiger partial charge in [-0.2, -0.15) is 0 Å². The predicted molar refractivity (Wildman–Crippen MR) is 97.9 cm³/mol. The van der Waals surface area contributed by atoms with Gasteiger partial charge in [-0.3, -0.25) is 4.79 Å². The van der Waals surface area contributed by atoms with Crippen molar-refractivity contribution < 1.29 is 26.7 Å². The number of rotatable bonds is 6. The van der Waals surface area contributed by atoms with Crippen LogP contribution in [-0.2, 0) is 14.8 Å². The number of amides is 1.